The zero-order chi connectivity index (χ0) is 20.4. The number of nitrogens with one attached hydrogen (secondary N) is 2. The SMILES string of the molecule is Cc1ccc2cc(CN3CCN(C(=O)Nc4ccccc4)CC3)c(=O)[nH]c2c1C. The fraction of sp³-hybridized carbons (Fsp3) is 0.304. The molecule has 4 rings (SSSR count). The molecule has 150 valence electrons. The summed E-state index contributed by atoms with van der Waals surface area (Å²) in [5, 5.41) is 3.99. The van der Waals surface area contributed by atoms with Gasteiger partial charge in [0.15, 0.2) is 0 Å². The van der Waals surface area contributed by atoms with Crippen LogP contribution >= 0.6 is 0 Å². The zero-order valence-corrected chi connectivity index (χ0v) is 16.9. The summed E-state index contributed by atoms with van der Waals surface area (Å²) in [4.78, 5) is 32.1. The number of para-hydroxylation sites is 1. The van der Waals surface area contributed by atoms with Crippen molar-refractivity contribution in [1.82, 2.24) is 14.8 Å². The Morgan fingerprint density at radius 3 is 2.48 bits per heavy atom. The number of aromatic amines is 1. The molecule has 0 saturated carbocycles. The first-order valence-corrected chi connectivity index (χ1v) is 9.97. The van der Waals surface area contributed by atoms with E-state index in [1.54, 1.807) is 0 Å². The molecule has 0 unspecified atom stereocenters. The first-order valence-electron chi connectivity index (χ1n) is 9.97. The third-order valence-electron chi connectivity index (χ3n) is 5.71. The lowest BCUT2D eigenvalue weighted by atomic mass is 10.0. The highest BCUT2D eigenvalue weighted by Gasteiger charge is 2.22. The monoisotopic (exact) mass is 390 g/mol. The minimum absolute atomic E-state index is 0.0320. The molecule has 2 heterocycles. The summed E-state index contributed by atoms with van der Waals surface area (Å²) < 4.78 is 0. The third kappa shape index (κ3) is 4.17. The van der Waals surface area contributed by atoms with Gasteiger partial charge in [0.25, 0.3) is 5.56 Å². The van der Waals surface area contributed by atoms with E-state index in [2.05, 4.69) is 34.3 Å². The largest absolute Gasteiger partial charge is 0.322 e. The number of piperazine rings is 1. The fourth-order valence-corrected chi connectivity index (χ4v) is 3.76. The predicted molar refractivity (Wildman–Crippen MR) is 116 cm³/mol. The molecule has 1 fully saturated rings. The van der Waals surface area contributed by atoms with Gasteiger partial charge < -0.3 is 15.2 Å². The Kier molecular flexibility index (Phi) is 5.36. The van der Waals surface area contributed by atoms with Crippen molar-refractivity contribution in [2.24, 2.45) is 0 Å². The fourth-order valence-electron chi connectivity index (χ4n) is 3.76. The Morgan fingerprint density at radius 2 is 1.76 bits per heavy atom. The van der Waals surface area contributed by atoms with Gasteiger partial charge in [0.1, 0.15) is 0 Å². The molecule has 0 bridgehead atoms. The normalized spacial score (nSPS) is 14.9. The smallest absolute Gasteiger partial charge is 0.321 e. The molecule has 1 aromatic heterocycles. The highest BCUT2D eigenvalue weighted by Crippen LogP contribution is 2.19. The van der Waals surface area contributed by atoms with E-state index in [4.69, 9.17) is 0 Å². The van der Waals surface area contributed by atoms with Crippen LogP contribution < -0.4 is 10.9 Å². The minimum Gasteiger partial charge on any atom is -0.322 e. The number of H-pyrrole nitrogens is 1. The van der Waals surface area contributed by atoms with Crippen molar-refractivity contribution in [3.05, 3.63) is 75.6 Å². The molecule has 3 aromatic rings. The Morgan fingerprint density at radius 1 is 1.03 bits per heavy atom. The van der Waals surface area contributed by atoms with Crippen LogP contribution in [0.15, 0.2) is 53.3 Å². The number of hydrogen-bond acceptors (Lipinski definition) is 3. The number of anilines is 1. The predicted octanol–water partition coefficient (Wildman–Crippen LogP) is 3.49. The summed E-state index contributed by atoms with van der Waals surface area (Å²) in [5.74, 6) is 0. The van der Waals surface area contributed by atoms with Crippen LogP contribution in [0, 0.1) is 13.8 Å². The molecule has 6 nitrogen and oxygen atoms in total. The molecular formula is C23H26N4O2. The Labute approximate surface area is 170 Å². The number of carbonyl (C=O) groups is 1. The van der Waals surface area contributed by atoms with E-state index in [9.17, 15) is 9.59 Å². The lowest BCUT2D eigenvalue weighted by Crippen LogP contribution is -2.49. The van der Waals surface area contributed by atoms with E-state index in [1.165, 1.54) is 5.56 Å². The average Bonchev–Trinajstić information content (AvgIpc) is 2.73. The Bertz CT molecular complexity index is 1080. The van der Waals surface area contributed by atoms with Crippen LogP contribution in [0.4, 0.5) is 10.5 Å². The van der Waals surface area contributed by atoms with Crippen LogP contribution in [0.2, 0.25) is 0 Å². The summed E-state index contributed by atoms with van der Waals surface area (Å²) in [7, 11) is 0. The number of amides is 2. The lowest BCUT2D eigenvalue weighted by Gasteiger charge is -2.34. The number of aryl methyl sites for hydroxylation is 2. The van der Waals surface area contributed by atoms with E-state index in [1.807, 2.05) is 48.2 Å². The Hall–Kier alpha value is -3.12. The van der Waals surface area contributed by atoms with Gasteiger partial charge in [0.2, 0.25) is 0 Å². The minimum atomic E-state index is -0.0785. The second-order valence-corrected chi connectivity index (χ2v) is 7.65. The van der Waals surface area contributed by atoms with E-state index in [0.717, 1.165) is 40.8 Å². The van der Waals surface area contributed by atoms with Crippen molar-refractivity contribution in [3.8, 4) is 0 Å². The third-order valence-corrected chi connectivity index (χ3v) is 5.71. The van der Waals surface area contributed by atoms with Crippen LogP contribution in [0.3, 0.4) is 0 Å². The molecule has 29 heavy (non-hydrogen) atoms. The number of hydrogen-bond donors (Lipinski definition) is 2. The van der Waals surface area contributed by atoms with E-state index < -0.39 is 0 Å². The van der Waals surface area contributed by atoms with Gasteiger partial charge in [-0.3, -0.25) is 9.69 Å². The van der Waals surface area contributed by atoms with Gasteiger partial charge in [-0.1, -0.05) is 30.3 Å². The summed E-state index contributed by atoms with van der Waals surface area (Å²) in [6.45, 7) is 7.44. The van der Waals surface area contributed by atoms with Gasteiger partial charge in [-0.05, 0) is 48.6 Å². The number of nitrogens with zero attached hydrogens (tertiary/aromatic N) is 2. The summed E-state index contributed by atoms with van der Waals surface area (Å²) in [5.41, 5.74) is 4.74. The standard InChI is InChI=1S/C23H26N4O2/c1-16-8-9-18-14-19(22(28)25-21(18)17(16)2)15-26-10-12-27(13-11-26)23(29)24-20-6-4-3-5-7-20/h3-9,14H,10-13,15H2,1-2H3,(H,24,29)(H,25,28). The quantitative estimate of drug-likeness (QED) is 0.719. The summed E-state index contributed by atoms with van der Waals surface area (Å²) in [6, 6.07) is 15.5. The molecule has 2 aromatic carbocycles. The van der Waals surface area contributed by atoms with Crippen molar-refractivity contribution >= 4 is 22.6 Å². The number of aromatic nitrogens is 1. The molecule has 0 aliphatic carbocycles. The number of rotatable bonds is 3. The van der Waals surface area contributed by atoms with Crippen LogP contribution in [0.1, 0.15) is 16.7 Å². The van der Waals surface area contributed by atoms with Crippen LogP contribution in [-0.2, 0) is 6.54 Å². The van der Waals surface area contributed by atoms with Crippen molar-refractivity contribution in [1.29, 1.82) is 0 Å². The summed E-state index contributed by atoms with van der Waals surface area (Å²) in [6.07, 6.45) is 0. The maximum Gasteiger partial charge on any atom is 0.321 e. The molecule has 1 saturated heterocycles. The molecule has 1 aliphatic rings. The lowest BCUT2D eigenvalue weighted by molar-refractivity contribution is 0.142. The molecule has 2 amide bonds. The van der Waals surface area contributed by atoms with Gasteiger partial charge in [-0.2, -0.15) is 0 Å². The van der Waals surface area contributed by atoms with E-state index in [-0.39, 0.29) is 11.6 Å². The maximum absolute atomic E-state index is 12.6. The van der Waals surface area contributed by atoms with Crippen molar-refractivity contribution < 1.29 is 4.79 Å². The maximum atomic E-state index is 12.6. The number of benzene rings is 2. The zero-order valence-electron chi connectivity index (χ0n) is 16.9. The van der Waals surface area contributed by atoms with Gasteiger partial charge in [0.05, 0.1) is 5.52 Å². The second-order valence-electron chi connectivity index (χ2n) is 7.65. The highest BCUT2D eigenvalue weighted by atomic mass is 16.2. The number of fused-ring (bicyclic) bond motifs is 1. The average molecular weight is 390 g/mol. The summed E-state index contributed by atoms with van der Waals surface area (Å²) >= 11 is 0. The van der Waals surface area contributed by atoms with Crippen LogP contribution in [0.25, 0.3) is 10.9 Å². The molecule has 2 N–H and O–H groups in total. The van der Waals surface area contributed by atoms with Crippen molar-refractivity contribution in [2.75, 3.05) is 31.5 Å². The van der Waals surface area contributed by atoms with Crippen molar-refractivity contribution in [2.45, 2.75) is 20.4 Å². The number of urea groups is 1. The van der Waals surface area contributed by atoms with Gasteiger partial charge in [-0.25, -0.2) is 4.79 Å². The highest BCUT2D eigenvalue weighted by molar-refractivity contribution is 5.89. The van der Waals surface area contributed by atoms with Gasteiger partial charge >= 0.3 is 6.03 Å². The molecule has 6 heteroatoms. The van der Waals surface area contributed by atoms with Crippen LogP contribution in [0.5, 0.6) is 0 Å². The van der Waals surface area contributed by atoms with E-state index in [0.29, 0.717) is 19.6 Å². The first kappa shape index (κ1) is 19.2. The molecule has 0 atom stereocenters. The van der Waals surface area contributed by atoms with Gasteiger partial charge in [0, 0.05) is 44.0 Å². The second kappa shape index (κ2) is 8.09. The number of pyridine rings is 1. The van der Waals surface area contributed by atoms with E-state index >= 15 is 0 Å². The topological polar surface area (TPSA) is 68.4 Å². The number of carbonyl (C=O) groups excluding carboxylic acids is 1. The Balaban J connectivity index is 1.39. The molecule has 1 aliphatic heterocycles. The molecular weight excluding hydrogens is 364 g/mol. The molecule has 0 spiro atoms. The van der Waals surface area contributed by atoms with Gasteiger partial charge in [-0.15, -0.1) is 0 Å². The first-order chi connectivity index (χ1) is 14.0. The van der Waals surface area contributed by atoms with Crippen molar-refractivity contribution in [3.63, 3.8) is 0 Å². The van der Waals surface area contributed by atoms with Crippen LogP contribution in [-0.4, -0.2) is 47.0 Å². The molecule has 0 radical (unpaired) electrons.